The van der Waals surface area contributed by atoms with Gasteiger partial charge < -0.3 is 4.98 Å². The summed E-state index contributed by atoms with van der Waals surface area (Å²) in [5, 5.41) is 1.43. The van der Waals surface area contributed by atoms with E-state index in [2.05, 4.69) is 48.1 Å². The zero-order valence-electron chi connectivity index (χ0n) is 13.9. The number of benzene rings is 1. The number of nitrogens with one attached hydrogen (secondary N) is 1. The van der Waals surface area contributed by atoms with Crippen molar-refractivity contribution >= 4 is 10.9 Å². The fourth-order valence-electron chi connectivity index (χ4n) is 4.92. The molecule has 22 heavy (non-hydrogen) atoms. The molecule has 5 rings (SSSR count). The summed E-state index contributed by atoms with van der Waals surface area (Å²) in [4.78, 5) is 6.24. The Morgan fingerprint density at radius 1 is 1.27 bits per heavy atom. The van der Waals surface area contributed by atoms with Gasteiger partial charge in [-0.15, -0.1) is 0 Å². The molecule has 3 atom stereocenters. The summed E-state index contributed by atoms with van der Waals surface area (Å²) < 4.78 is 0. The van der Waals surface area contributed by atoms with E-state index in [1.165, 1.54) is 67.2 Å². The van der Waals surface area contributed by atoms with Crippen LogP contribution >= 0.6 is 0 Å². The number of fused-ring (bicyclic) bond motifs is 4. The highest BCUT2D eigenvalue weighted by atomic mass is 15.2. The maximum atomic E-state index is 3.44. The average Bonchev–Trinajstić information content (AvgIpc) is 2.95. The van der Waals surface area contributed by atoms with Crippen molar-refractivity contribution in [2.75, 3.05) is 13.1 Å². The monoisotopic (exact) mass is 296 g/mol. The van der Waals surface area contributed by atoms with Gasteiger partial charge in [-0.2, -0.15) is 0 Å². The molecular weight excluding hydrogens is 268 g/mol. The second-order valence-corrected chi connectivity index (χ2v) is 7.52. The highest BCUT2D eigenvalue weighted by molar-refractivity contribution is 5.83. The molecule has 0 amide bonds. The van der Waals surface area contributed by atoms with Crippen molar-refractivity contribution in [3.05, 3.63) is 35.5 Å². The van der Waals surface area contributed by atoms with Crippen molar-refractivity contribution in [3.8, 4) is 0 Å². The van der Waals surface area contributed by atoms with Crippen LogP contribution in [0.2, 0.25) is 0 Å². The molecule has 2 nitrogen and oxygen atoms in total. The molecule has 1 N–H and O–H groups in total. The number of rotatable bonds is 4. The van der Waals surface area contributed by atoms with Crippen molar-refractivity contribution in [2.24, 2.45) is 11.8 Å². The lowest BCUT2D eigenvalue weighted by Crippen LogP contribution is -2.53. The molecular formula is C20H28N2. The first-order valence-electron chi connectivity index (χ1n) is 9.05. The molecule has 0 spiro atoms. The van der Waals surface area contributed by atoms with Gasteiger partial charge in [0, 0.05) is 36.2 Å². The number of hydrogen-bond acceptors (Lipinski definition) is 1. The Morgan fingerprint density at radius 3 is 3.00 bits per heavy atom. The minimum atomic E-state index is 0.863. The summed E-state index contributed by atoms with van der Waals surface area (Å²) in [6, 6.07) is 7.60. The minimum Gasteiger partial charge on any atom is -0.361 e. The average molecular weight is 296 g/mol. The Bertz CT molecular complexity index is 657. The molecule has 3 fully saturated rings. The Labute approximate surface area is 133 Å². The third kappa shape index (κ3) is 2.48. The molecule has 2 aliphatic heterocycles. The zero-order chi connectivity index (χ0) is 15.1. The van der Waals surface area contributed by atoms with Crippen LogP contribution in [0.4, 0.5) is 0 Å². The number of nitrogens with zero attached hydrogens (tertiary/aromatic N) is 1. The molecule has 3 unspecified atom stereocenters. The Balaban J connectivity index is 1.49. The van der Waals surface area contributed by atoms with E-state index in [1.54, 1.807) is 0 Å². The maximum absolute atomic E-state index is 3.44. The van der Waals surface area contributed by atoms with Crippen LogP contribution in [0.15, 0.2) is 24.4 Å². The summed E-state index contributed by atoms with van der Waals surface area (Å²) in [5.41, 5.74) is 4.14. The van der Waals surface area contributed by atoms with E-state index < -0.39 is 0 Å². The summed E-state index contributed by atoms with van der Waals surface area (Å²) in [6.07, 6.45) is 9.18. The number of aromatic nitrogens is 1. The standard InChI is InChI=1S/C20H28N2/c1-3-16-11-15-5-7-20(16)22(13-15)9-8-17-12-21-19-6-4-14(2)10-18(17)19/h4,6,10,12,15-16,20-21H,3,5,7-9,11,13H2,1-2H3. The van der Waals surface area contributed by atoms with Crippen LogP contribution in [0.1, 0.15) is 43.7 Å². The Kier molecular flexibility index (Phi) is 3.73. The number of aryl methyl sites for hydroxylation is 1. The van der Waals surface area contributed by atoms with Gasteiger partial charge in [-0.1, -0.05) is 25.0 Å². The van der Waals surface area contributed by atoms with Gasteiger partial charge in [-0.05, 0) is 62.1 Å². The first-order chi connectivity index (χ1) is 10.7. The van der Waals surface area contributed by atoms with E-state index in [1.807, 2.05) is 0 Å². The largest absolute Gasteiger partial charge is 0.361 e. The van der Waals surface area contributed by atoms with Crippen molar-refractivity contribution in [2.45, 2.75) is 52.0 Å². The number of H-pyrrole nitrogens is 1. The second kappa shape index (κ2) is 5.73. The lowest BCUT2D eigenvalue weighted by Gasteiger charge is -2.50. The molecule has 118 valence electrons. The third-order valence-corrected chi connectivity index (χ3v) is 6.13. The van der Waals surface area contributed by atoms with Gasteiger partial charge in [-0.3, -0.25) is 4.90 Å². The lowest BCUT2D eigenvalue weighted by atomic mass is 9.71. The zero-order valence-corrected chi connectivity index (χ0v) is 13.9. The van der Waals surface area contributed by atoms with E-state index in [0.717, 1.165) is 17.9 Å². The molecule has 2 heteroatoms. The topological polar surface area (TPSA) is 19.0 Å². The van der Waals surface area contributed by atoms with E-state index in [0.29, 0.717) is 0 Å². The fourth-order valence-corrected chi connectivity index (χ4v) is 4.92. The molecule has 0 radical (unpaired) electrons. The Hall–Kier alpha value is -1.28. The van der Waals surface area contributed by atoms with Gasteiger partial charge in [0.25, 0.3) is 0 Å². The van der Waals surface area contributed by atoms with Crippen LogP contribution in [0.3, 0.4) is 0 Å². The van der Waals surface area contributed by atoms with Crippen molar-refractivity contribution in [1.29, 1.82) is 0 Å². The smallest absolute Gasteiger partial charge is 0.0456 e. The first-order valence-corrected chi connectivity index (χ1v) is 9.05. The molecule has 1 aliphatic carbocycles. The van der Waals surface area contributed by atoms with E-state index >= 15 is 0 Å². The first kappa shape index (κ1) is 14.3. The predicted octanol–water partition coefficient (Wildman–Crippen LogP) is 4.53. The number of aromatic amines is 1. The maximum Gasteiger partial charge on any atom is 0.0456 e. The predicted molar refractivity (Wildman–Crippen MR) is 93.2 cm³/mol. The quantitative estimate of drug-likeness (QED) is 0.878. The van der Waals surface area contributed by atoms with Crippen molar-refractivity contribution in [1.82, 2.24) is 9.88 Å². The normalized spacial score (nSPS) is 28.5. The van der Waals surface area contributed by atoms with Gasteiger partial charge in [0.05, 0.1) is 0 Å². The van der Waals surface area contributed by atoms with Gasteiger partial charge in [0.2, 0.25) is 0 Å². The van der Waals surface area contributed by atoms with Crippen LogP contribution in [-0.4, -0.2) is 29.0 Å². The highest BCUT2D eigenvalue weighted by Gasteiger charge is 2.39. The van der Waals surface area contributed by atoms with Crippen molar-refractivity contribution < 1.29 is 0 Å². The molecule has 2 aromatic rings. The minimum absolute atomic E-state index is 0.863. The van der Waals surface area contributed by atoms with Gasteiger partial charge >= 0.3 is 0 Å². The second-order valence-electron chi connectivity index (χ2n) is 7.52. The van der Waals surface area contributed by atoms with Crippen LogP contribution in [0.5, 0.6) is 0 Å². The molecule has 2 bridgehead atoms. The molecule has 1 aromatic carbocycles. The van der Waals surface area contributed by atoms with E-state index in [9.17, 15) is 0 Å². The summed E-state index contributed by atoms with van der Waals surface area (Å²) in [6.45, 7) is 7.15. The lowest BCUT2D eigenvalue weighted by molar-refractivity contribution is 0.000713. The summed E-state index contributed by atoms with van der Waals surface area (Å²) in [5.74, 6) is 1.93. The molecule has 3 heterocycles. The Morgan fingerprint density at radius 2 is 2.18 bits per heavy atom. The fraction of sp³-hybridized carbons (Fsp3) is 0.600. The SMILES string of the molecule is CCC1CC2CCC1N(CCc1c[nH]c3ccc(C)cc13)C2. The van der Waals surface area contributed by atoms with Gasteiger partial charge in [0.1, 0.15) is 0 Å². The molecule has 3 aliphatic rings. The van der Waals surface area contributed by atoms with E-state index in [-0.39, 0.29) is 0 Å². The molecule has 1 aromatic heterocycles. The number of hydrogen-bond donors (Lipinski definition) is 1. The van der Waals surface area contributed by atoms with Crippen LogP contribution < -0.4 is 0 Å². The summed E-state index contributed by atoms with van der Waals surface area (Å²) >= 11 is 0. The van der Waals surface area contributed by atoms with Gasteiger partial charge in [-0.25, -0.2) is 0 Å². The third-order valence-electron chi connectivity index (χ3n) is 6.13. The van der Waals surface area contributed by atoms with Crippen LogP contribution in [-0.2, 0) is 6.42 Å². The highest BCUT2D eigenvalue weighted by Crippen LogP contribution is 2.40. The van der Waals surface area contributed by atoms with Gasteiger partial charge in [0.15, 0.2) is 0 Å². The molecule has 1 saturated carbocycles. The van der Waals surface area contributed by atoms with Crippen LogP contribution in [0, 0.1) is 18.8 Å². The summed E-state index contributed by atoms with van der Waals surface area (Å²) in [7, 11) is 0. The molecule has 2 saturated heterocycles. The van der Waals surface area contributed by atoms with Crippen molar-refractivity contribution in [3.63, 3.8) is 0 Å². The van der Waals surface area contributed by atoms with E-state index in [4.69, 9.17) is 0 Å². The van der Waals surface area contributed by atoms with Crippen LogP contribution in [0.25, 0.3) is 10.9 Å². The number of piperidine rings is 2.